The van der Waals surface area contributed by atoms with E-state index < -0.39 is 34.9 Å². The summed E-state index contributed by atoms with van der Waals surface area (Å²) in [6.07, 6.45) is -9.25. The minimum absolute atomic E-state index is 0.0972. The molecule has 0 fully saturated rings. The maximum absolute atomic E-state index is 13.6. The van der Waals surface area contributed by atoms with E-state index in [0.29, 0.717) is 16.8 Å². The molecule has 0 amide bonds. The summed E-state index contributed by atoms with van der Waals surface area (Å²) in [5, 5.41) is 3.56. The largest absolute Gasteiger partial charge is 0.435 e. The molecule has 13 heteroatoms. The molecular formula is C21H14F6N4O2S. The lowest BCUT2D eigenvalue weighted by molar-refractivity contribution is -0.140. The maximum Gasteiger partial charge on any atom is 0.435 e. The third-order valence-corrected chi connectivity index (χ3v) is 5.17. The summed E-state index contributed by atoms with van der Waals surface area (Å²) in [6.45, 7) is 0. The number of nitrogens with zero attached hydrogens (tertiary/aromatic N) is 2. The number of rotatable bonds is 5. The quantitative estimate of drug-likeness (QED) is 0.184. The Bertz CT molecular complexity index is 1350. The van der Waals surface area contributed by atoms with Gasteiger partial charge in [0.25, 0.3) is 0 Å². The van der Waals surface area contributed by atoms with Gasteiger partial charge in [-0.15, -0.1) is 4.83 Å². The fourth-order valence-electron chi connectivity index (χ4n) is 3.34. The molecule has 0 aliphatic carbocycles. The van der Waals surface area contributed by atoms with Gasteiger partial charge in [-0.3, -0.25) is 4.55 Å². The van der Waals surface area contributed by atoms with E-state index in [2.05, 4.69) is 10.5 Å². The van der Waals surface area contributed by atoms with Crippen LogP contribution in [-0.4, -0.2) is 18.5 Å². The topological polar surface area (TPSA) is 79.2 Å². The first kappa shape index (κ1) is 23.7. The molecule has 3 aromatic carbocycles. The summed E-state index contributed by atoms with van der Waals surface area (Å²) in [7, 11) is 0. The van der Waals surface area contributed by atoms with Crippen LogP contribution >= 0.6 is 0 Å². The minimum Gasteiger partial charge on any atom is -0.308 e. The zero-order chi connectivity index (χ0) is 24.7. The van der Waals surface area contributed by atoms with Gasteiger partial charge in [-0.05, 0) is 59.7 Å². The van der Waals surface area contributed by atoms with Crippen LogP contribution in [-0.2, 0) is 23.6 Å². The predicted octanol–water partition coefficient (Wildman–Crippen LogP) is 5.78. The van der Waals surface area contributed by atoms with Gasteiger partial charge in [-0.25, -0.2) is 8.89 Å². The molecule has 0 saturated carbocycles. The fourth-order valence-corrected chi connectivity index (χ4v) is 3.55. The zero-order valence-electron chi connectivity index (χ0n) is 16.8. The second-order valence-corrected chi connectivity index (χ2v) is 7.79. The lowest BCUT2D eigenvalue weighted by Gasteiger charge is -2.09. The predicted molar refractivity (Wildman–Crippen MR) is 114 cm³/mol. The normalized spacial score (nSPS) is 13.3. The molecule has 1 aromatic heterocycles. The van der Waals surface area contributed by atoms with Crippen LogP contribution in [0.1, 0.15) is 11.3 Å². The average Bonchev–Trinajstić information content (AvgIpc) is 3.17. The second kappa shape index (κ2) is 8.74. The van der Waals surface area contributed by atoms with E-state index in [1.807, 2.05) is 4.83 Å². The molecule has 0 aliphatic heterocycles. The summed E-state index contributed by atoms with van der Waals surface area (Å²) >= 11 is -2.33. The van der Waals surface area contributed by atoms with Crippen molar-refractivity contribution in [2.75, 3.05) is 5.43 Å². The molecule has 0 saturated heterocycles. The first-order chi connectivity index (χ1) is 15.9. The van der Waals surface area contributed by atoms with Crippen molar-refractivity contribution in [3.05, 3.63) is 78.0 Å². The number of hydrazine groups is 1. The van der Waals surface area contributed by atoms with Gasteiger partial charge in [0, 0.05) is 11.1 Å². The Labute approximate surface area is 190 Å². The molecule has 1 unspecified atom stereocenters. The van der Waals surface area contributed by atoms with E-state index >= 15 is 0 Å². The highest BCUT2D eigenvalue weighted by molar-refractivity contribution is 7.77. The van der Waals surface area contributed by atoms with Crippen LogP contribution < -0.4 is 10.3 Å². The van der Waals surface area contributed by atoms with E-state index in [1.54, 1.807) is 0 Å². The Morgan fingerprint density at radius 3 is 2.00 bits per heavy atom. The number of benzene rings is 3. The monoisotopic (exact) mass is 500 g/mol. The molecule has 3 N–H and O–H groups in total. The molecule has 0 radical (unpaired) electrons. The molecular weight excluding hydrogens is 486 g/mol. The highest BCUT2D eigenvalue weighted by Gasteiger charge is 2.37. The molecule has 0 spiro atoms. The number of nitrogens with one attached hydrogen (secondary N) is 2. The Morgan fingerprint density at radius 1 is 0.824 bits per heavy atom. The minimum atomic E-state index is -4.74. The molecule has 1 heterocycles. The number of hydrogen-bond donors (Lipinski definition) is 3. The van der Waals surface area contributed by atoms with Crippen molar-refractivity contribution >= 4 is 27.9 Å². The number of halogens is 6. The van der Waals surface area contributed by atoms with E-state index in [-0.39, 0.29) is 16.6 Å². The SMILES string of the molecule is O=S(O)NNc1ccc(-n2nc(C(F)(F)F)c3ccc(-c4ccc(C(F)(F)F)cc4)cc32)cc1. The van der Waals surface area contributed by atoms with Gasteiger partial charge in [0.05, 0.1) is 16.8 Å². The Morgan fingerprint density at radius 2 is 1.44 bits per heavy atom. The summed E-state index contributed by atoms with van der Waals surface area (Å²) in [5.41, 5.74) is 2.02. The number of alkyl halides is 6. The number of hydrogen-bond acceptors (Lipinski definition) is 3. The molecule has 1 atom stereocenters. The van der Waals surface area contributed by atoms with Gasteiger partial charge in [0.2, 0.25) is 11.3 Å². The van der Waals surface area contributed by atoms with Gasteiger partial charge < -0.3 is 5.43 Å². The maximum atomic E-state index is 13.6. The van der Waals surface area contributed by atoms with Crippen LogP contribution in [0.2, 0.25) is 0 Å². The fraction of sp³-hybridized carbons (Fsp3) is 0.0952. The van der Waals surface area contributed by atoms with E-state index in [4.69, 9.17) is 4.55 Å². The van der Waals surface area contributed by atoms with Crippen LogP contribution in [0.25, 0.3) is 27.7 Å². The van der Waals surface area contributed by atoms with Crippen molar-refractivity contribution in [2.45, 2.75) is 12.4 Å². The van der Waals surface area contributed by atoms with Crippen LogP contribution in [0.5, 0.6) is 0 Å². The summed E-state index contributed by atoms with van der Waals surface area (Å²) in [5.74, 6) is 0. The van der Waals surface area contributed by atoms with Crippen molar-refractivity contribution in [2.24, 2.45) is 0 Å². The van der Waals surface area contributed by atoms with Gasteiger partial charge in [0.1, 0.15) is 0 Å². The molecule has 6 nitrogen and oxygen atoms in total. The Balaban J connectivity index is 1.79. The van der Waals surface area contributed by atoms with Crippen molar-refractivity contribution in [3.63, 3.8) is 0 Å². The van der Waals surface area contributed by atoms with Crippen LogP contribution in [0.4, 0.5) is 32.0 Å². The number of aromatic nitrogens is 2. The van der Waals surface area contributed by atoms with Crippen LogP contribution in [0, 0.1) is 0 Å². The van der Waals surface area contributed by atoms with Crippen LogP contribution in [0.15, 0.2) is 66.7 Å². The van der Waals surface area contributed by atoms with Crippen molar-refractivity contribution < 1.29 is 35.1 Å². The van der Waals surface area contributed by atoms with E-state index in [0.717, 1.165) is 16.8 Å². The third-order valence-electron chi connectivity index (χ3n) is 4.89. The standard InChI is InChI=1S/C21H14F6N4O2S/c22-20(23,24)14-4-1-12(2-5-14)13-3-10-17-18(11-13)31(29-19(17)21(25,26)27)16-8-6-15(7-9-16)28-30-34(32)33/h1-11,28,30H,(H,32,33). The van der Waals surface area contributed by atoms with Gasteiger partial charge in [-0.1, -0.05) is 18.2 Å². The second-order valence-electron chi connectivity index (χ2n) is 7.09. The molecule has 4 rings (SSSR count). The molecule has 34 heavy (non-hydrogen) atoms. The summed E-state index contributed by atoms with van der Waals surface area (Å²) in [6, 6.07) is 14.1. The van der Waals surface area contributed by atoms with E-state index in [1.165, 1.54) is 54.6 Å². The molecule has 0 aliphatic rings. The Hall–Kier alpha value is -3.42. The molecule has 178 valence electrons. The first-order valence-corrected chi connectivity index (χ1v) is 10.5. The average molecular weight is 500 g/mol. The first-order valence-electron chi connectivity index (χ1n) is 9.44. The molecule has 4 aromatic rings. The van der Waals surface area contributed by atoms with Gasteiger partial charge in [0.15, 0.2) is 5.69 Å². The van der Waals surface area contributed by atoms with Crippen molar-refractivity contribution in [1.29, 1.82) is 0 Å². The van der Waals surface area contributed by atoms with Crippen LogP contribution in [0.3, 0.4) is 0 Å². The lowest BCUT2D eigenvalue weighted by Crippen LogP contribution is -2.23. The number of anilines is 1. The lowest BCUT2D eigenvalue weighted by atomic mass is 10.0. The Kier molecular flexibility index (Phi) is 6.10. The highest BCUT2D eigenvalue weighted by Crippen LogP contribution is 2.37. The highest BCUT2D eigenvalue weighted by atomic mass is 32.2. The van der Waals surface area contributed by atoms with Crippen molar-refractivity contribution in [3.8, 4) is 16.8 Å². The van der Waals surface area contributed by atoms with Gasteiger partial charge in [-0.2, -0.15) is 31.4 Å². The summed E-state index contributed by atoms with van der Waals surface area (Å²) < 4.78 is 99.9. The van der Waals surface area contributed by atoms with Crippen molar-refractivity contribution in [1.82, 2.24) is 14.6 Å². The third kappa shape index (κ3) is 4.90. The smallest absolute Gasteiger partial charge is 0.308 e. The number of fused-ring (bicyclic) bond motifs is 1. The summed E-state index contributed by atoms with van der Waals surface area (Å²) in [4.78, 5) is 2.05. The zero-order valence-corrected chi connectivity index (χ0v) is 17.6. The van der Waals surface area contributed by atoms with E-state index in [9.17, 15) is 30.6 Å². The molecule has 0 bridgehead atoms. The van der Waals surface area contributed by atoms with Gasteiger partial charge >= 0.3 is 12.4 Å².